The topological polar surface area (TPSA) is 16.4 Å². The van der Waals surface area contributed by atoms with Gasteiger partial charge in [-0.05, 0) is 105 Å². The van der Waals surface area contributed by atoms with Gasteiger partial charge in [-0.2, -0.15) is 0 Å². The van der Waals surface area contributed by atoms with Crippen LogP contribution in [0.2, 0.25) is 0 Å². The number of furan rings is 1. The van der Waals surface area contributed by atoms with E-state index in [0.29, 0.717) is 0 Å². The molecule has 10 aromatic rings. The predicted octanol–water partition coefficient (Wildman–Crippen LogP) is 15.4. The van der Waals surface area contributed by atoms with Crippen molar-refractivity contribution in [2.24, 2.45) is 0 Å². The van der Waals surface area contributed by atoms with Gasteiger partial charge in [0.25, 0.3) is 0 Å². The van der Waals surface area contributed by atoms with Crippen LogP contribution in [0.5, 0.6) is 0 Å². The van der Waals surface area contributed by atoms with Gasteiger partial charge in [0.05, 0.1) is 0 Å². The summed E-state index contributed by atoms with van der Waals surface area (Å²) in [7, 11) is 0. The molecule has 0 spiro atoms. The fourth-order valence-electron chi connectivity index (χ4n) is 7.95. The van der Waals surface area contributed by atoms with Crippen molar-refractivity contribution in [1.82, 2.24) is 0 Å². The van der Waals surface area contributed by atoms with Crippen LogP contribution in [0.25, 0.3) is 77.6 Å². The zero-order valence-corrected chi connectivity index (χ0v) is 30.7. The highest BCUT2D eigenvalue weighted by Gasteiger charge is 2.19. The van der Waals surface area contributed by atoms with Crippen LogP contribution < -0.4 is 4.90 Å². The van der Waals surface area contributed by atoms with Gasteiger partial charge in [0, 0.05) is 33.4 Å². The van der Waals surface area contributed by atoms with Crippen molar-refractivity contribution < 1.29 is 4.42 Å². The zero-order chi connectivity index (χ0) is 37.3. The van der Waals surface area contributed by atoms with E-state index < -0.39 is 0 Å². The lowest BCUT2D eigenvalue weighted by Gasteiger charge is -2.26. The smallest absolute Gasteiger partial charge is 0.136 e. The van der Waals surface area contributed by atoms with Crippen molar-refractivity contribution in [1.29, 1.82) is 0 Å². The van der Waals surface area contributed by atoms with Gasteiger partial charge in [-0.1, -0.05) is 170 Å². The molecule has 10 rings (SSSR count). The number of para-hydroxylation sites is 1. The highest BCUT2D eigenvalue weighted by Crippen LogP contribution is 2.45. The van der Waals surface area contributed by atoms with E-state index in [1.54, 1.807) is 0 Å². The Kier molecular flexibility index (Phi) is 8.55. The molecule has 264 valence electrons. The number of hydrogen-bond acceptors (Lipinski definition) is 2. The van der Waals surface area contributed by atoms with E-state index in [1.807, 2.05) is 6.07 Å². The molecule has 0 atom stereocenters. The molecule has 9 aromatic carbocycles. The molecule has 0 unspecified atom stereocenters. The molecular weight excluding hydrogens is 679 g/mol. The third-order valence-corrected chi connectivity index (χ3v) is 10.7. The lowest BCUT2D eigenvalue weighted by atomic mass is 9.89. The summed E-state index contributed by atoms with van der Waals surface area (Å²) in [5.74, 6) is 0. The summed E-state index contributed by atoms with van der Waals surface area (Å²) in [6, 6.07) is 80.0. The van der Waals surface area contributed by atoms with Crippen LogP contribution in [0.3, 0.4) is 0 Å². The number of benzene rings is 9. The first-order valence-corrected chi connectivity index (χ1v) is 19.1. The third-order valence-electron chi connectivity index (χ3n) is 10.7. The molecule has 0 amide bonds. The minimum atomic E-state index is 0.885. The van der Waals surface area contributed by atoms with Gasteiger partial charge < -0.3 is 9.32 Å². The van der Waals surface area contributed by atoms with Crippen LogP contribution in [0.15, 0.2) is 229 Å². The molecule has 2 heteroatoms. The molecule has 0 bridgehead atoms. The molecule has 1 aromatic heterocycles. The van der Waals surface area contributed by atoms with Crippen LogP contribution in [0.4, 0.5) is 17.1 Å². The average molecular weight is 716 g/mol. The quantitative estimate of drug-likeness (QED) is 0.156. The molecule has 0 saturated heterocycles. The zero-order valence-electron chi connectivity index (χ0n) is 30.7. The summed E-state index contributed by atoms with van der Waals surface area (Å²) in [5, 5.41) is 2.25. The SMILES string of the molecule is c1ccc(-c2ccc(N(c3ccc(-c4ccccc4)cc3)c3ccc(-c4ccc5oc6ccccc6c5c4-c4cccc(-c5ccccc5)c4)cc3)cc2)cc1. The van der Waals surface area contributed by atoms with Crippen molar-refractivity contribution in [3.05, 3.63) is 224 Å². The van der Waals surface area contributed by atoms with Crippen molar-refractivity contribution in [3.63, 3.8) is 0 Å². The lowest BCUT2D eigenvalue weighted by Crippen LogP contribution is -2.09. The summed E-state index contributed by atoms with van der Waals surface area (Å²) in [4.78, 5) is 2.34. The monoisotopic (exact) mass is 715 g/mol. The third kappa shape index (κ3) is 6.24. The van der Waals surface area contributed by atoms with E-state index in [2.05, 4.69) is 223 Å². The number of hydrogen-bond donors (Lipinski definition) is 0. The fourth-order valence-corrected chi connectivity index (χ4v) is 7.95. The van der Waals surface area contributed by atoms with Crippen molar-refractivity contribution in [2.45, 2.75) is 0 Å². The van der Waals surface area contributed by atoms with Crippen molar-refractivity contribution in [3.8, 4) is 55.6 Å². The number of anilines is 3. The number of rotatable bonds is 8. The first-order valence-electron chi connectivity index (χ1n) is 19.1. The minimum absolute atomic E-state index is 0.885. The van der Waals surface area contributed by atoms with Crippen LogP contribution in [0, 0.1) is 0 Å². The van der Waals surface area contributed by atoms with E-state index >= 15 is 0 Å². The van der Waals surface area contributed by atoms with Gasteiger partial charge >= 0.3 is 0 Å². The van der Waals surface area contributed by atoms with E-state index in [9.17, 15) is 0 Å². The van der Waals surface area contributed by atoms with Crippen molar-refractivity contribution >= 4 is 39.0 Å². The first-order chi connectivity index (χ1) is 27.8. The molecule has 0 radical (unpaired) electrons. The molecule has 0 aliphatic carbocycles. The summed E-state index contributed by atoms with van der Waals surface area (Å²) in [6.45, 7) is 0. The predicted molar refractivity (Wildman–Crippen MR) is 236 cm³/mol. The Morgan fingerprint density at radius 3 is 1.27 bits per heavy atom. The molecular formula is C54H37NO. The number of fused-ring (bicyclic) bond motifs is 3. The Morgan fingerprint density at radius 2 is 0.714 bits per heavy atom. The first kappa shape index (κ1) is 33.2. The standard InChI is InChI=1S/C54H37NO/c1-4-13-38(14-5-1)41-23-29-46(30-24-41)55(47-31-25-42(26-32-47)39-15-6-2-7-16-39)48-33-27-43(28-34-48)49-35-36-52-54(50-21-10-11-22-51(50)56-52)53(49)45-20-12-19-44(37-45)40-17-8-3-9-18-40/h1-37H. The van der Waals surface area contributed by atoms with E-state index in [0.717, 1.165) is 55.7 Å². The van der Waals surface area contributed by atoms with Gasteiger partial charge in [0.15, 0.2) is 0 Å². The normalized spacial score (nSPS) is 11.2. The largest absolute Gasteiger partial charge is 0.456 e. The van der Waals surface area contributed by atoms with Crippen LogP contribution in [-0.4, -0.2) is 0 Å². The molecule has 0 aliphatic rings. The average Bonchev–Trinajstić information content (AvgIpc) is 3.67. The van der Waals surface area contributed by atoms with Gasteiger partial charge in [0.1, 0.15) is 11.2 Å². The van der Waals surface area contributed by atoms with E-state index in [4.69, 9.17) is 4.42 Å². The van der Waals surface area contributed by atoms with Crippen LogP contribution >= 0.6 is 0 Å². The highest BCUT2D eigenvalue weighted by atomic mass is 16.3. The fraction of sp³-hybridized carbons (Fsp3) is 0. The second-order valence-corrected chi connectivity index (χ2v) is 14.1. The molecule has 0 aliphatic heterocycles. The maximum atomic E-state index is 6.44. The van der Waals surface area contributed by atoms with E-state index in [-0.39, 0.29) is 0 Å². The molecule has 56 heavy (non-hydrogen) atoms. The second-order valence-electron chi connectivity index (χ2n) is 14.1. The van der Waals surface area contributed by atoms with Crippen LogP contribution in [-0.2, 0) is 0 Å². The summed E-state index contributed by atoms with van der Waals surface area (Å²) in [6.07, 6.45) is 0. The van der Waals surface area contributed by atoms with Crippen LogP contribution in [0.1, 0.15) is 0 Å². The highest BCUT2D eigenvalue weighted by molar-refractivity contribution is 6.16. The van der Waals surface area contributed by atoms with Crippen molar-refractivity contribution in [2.75, 3.05) is 4.90 Å². The molecule has 2 nitrogen and oxygen atoms in total. The second kappa shape index (κ2) is 14.4. The Balaban J connectivity index is 1.09. The van der Waals surface area contributed by atoms with Gasteiger partial charge in [0.2, 0.25) is 0 Å². The van der Waals surface area contributed by atoms with E-state index in [1.165, 1.54) is 38.9 Å². The van der Waals surface area contributed by atoms with Gasteiger partial charge in [-0.3, -0.25) is 0 Å². The van der Waals surface area contributed by atoms with Gasteiger partial charge in [-0.25, -0.2) is 0 Å². The lowest BCUT2D eigenvalue weighted by molar-refractivity contribution is 0.669. The molecule has 0 fully saturated rings. The maximum absolute atomic E-state index is 6.44. The summed E-state index contributed by atoms with van der Waals surface area (Å²) < 4.78 is 6.44. The maximum Gasteiger partial charge on any atom is 0.136 e. The Morgan fingerprint density at radius 1 is 0.286 bits per heavy atom. The summed E-state index contributed by atoms with van der Waals surface area (Å²) in [5.41, 5.74) is 16.8. The number of nitrogens with zero attached hydrogens (tertiary/aromatic N) is 1. The Labute approximate surface area is 327 Å². The minimum Gasteiger partial charge on any atom is -0.456 e. The van der Waals surface area contributed by atoms with Gasteiger partial charge in [-0.15, -0.1) is 0 Å². The molecule has 0 N–H and O–H groups in total. The molecule has 0 saturated carbocycles. The summed E-state index contributed by atoms with van der Waals surface area (Å²) >= 11 is 0. The Hall–Kier alpha value is -7.42. The Bertz CT molecular complexity index is 2830. The molecule has 1 heterocycles.